The second-order valence-corrected chi connectivity index (χ2v) is 4.60. The van der Waals surface area contributed by atoms with Crippen molar-refractivity contribution < 1.29 is 9.90 Å². The molecule has 0 aliphatic heterocycles. The fourth-order valence-electron chi connectivity index (χ4n) is 1.52. The normalized spacial score (nSPS) is 9.74. The van der Waals surface area contributed by atoms with E-state index in [0.29, 0.717) is 23.5 Å². The van der Waals surface area contributed by atoms with Crippen molar-refractivity contribution in [2.24, 2.45) is 0 Å². The molecule has 5 nitrogen and oxygen atoms in total. The van der Waals surface area contributed by atoms with E-state index in [-0.39, 0.29) is 12.5 Å². The van der Waals surface area contributed by atoms with Gasteiger partial charge in [-0.1, -0.05) is 11.8 Å². The van der Waals surface area contributed by atoms with Crippen LogP contribution in [0.15, 0.2) is 30.2 Å². The van der Waals surface area contributed by atoms with Crippen LogP contribution in [0, 0.1) is 11.8 Å². The van der Waals surface area contributed by atoms with Gasteiger partial charge in [0.15, 0.2) is 0 Å². The van der Waals surface area contributed by atoms with Crippen molar-refractivity contribution in [2.45, 2.75) is 6.54 Å². The number of hydrogen-bond donors (Lipinski definition) is 2. The van der Waals surface area contributed by atoms with Gasteiger partial charge in [0.05, 0.1) is 6.33 Å². The molecule has 2 aromatic heterocycles. The number of nitrogens with zero attached hydrogens (tertiary/aromatic N) is 2. The van der Waals surface area contributed by atoms with Crippen LogP contribution in [0.4, 0.5) is 0 Å². The second-order valence-electron chi connectivity index (χ2n) is 3.68. The Bertz CT molecular complexity index is 593. The maximum Gasteiger partial charge on any atom is 0.262 e. The van der Waals surface area contributed by atoms with Crippen LogP contribution in [-0.2, 0) is 6.54 Å². The third-order valence-electron chi connectivity index (χ3n) is 2.39. The molecule has 0 bridgehead atoms. The summed E-state index contributed by atoms with van der Waals surface area (Å²) in [6, 6.07) is 1.78. The first-order chi connectivity index (χ1) is 9.31. The molecule has 0 unspecified atom stereocenters. The summed E-state index contributed by atoms with van der Waals surface area (Å²) < 4.78 is 1.89. The highest BCUT2D eigenvalue weighted by molar-refractivity contribution is 7.12. The van der Waals surface area contributed by atoms with Gasteiger partial charge >= 0.3 is 0 Å². The van der Waals surface area contributed by atoms with E-state index in [1.54, 1.807) is 18.6 Å². The van der Waals surface area contributed by atoms with Crippen molar-refractivity contribution in [3.63, 3.8) is 0 Å². The summed E-state index contributed by atoms with van der Waals surface area (Å²) in [5.41, 5.74) is 0.652. The molecule has 0 aromatic carbocycles. The molecule has 0 radical (unpaired) electrons. The molecule has 0 saturated carbocycles. The predicted octanol–water partition coefficient (Wildman–Crippen LogP) is 0.718. The molecule has 2 rings (SSSR count). The number of aliphatic hydroxyl groups is 1. The van der Waals surface area contributed by atoms with E-state index in [9.17, 15) is 4.79 Å². The Morgan fingerprint density at radius 3 is 3.21 bits per heavy atom. The monoisotopic (exact) mass is 275 g/mol. The SMILES string of the molecule is O=C(NCCn1ccnc1)c1sccc1C#CCO. The molecule has 19 heavy (non-hydrogen) atoms. The largest absolute Gasteiger partial charge is 0.384 e. The molecular weight excluding hydrogens is 262 g/mol. The third kappa shape index (κ3) is 3.68. The zero-order chi connectivity index (χ0) is 13.5. The van der Waals surface area contributed by atoms with Crippen molar-refractivity contribution in [1.82, 2.24) is 14.9 Å². The minimum atomic E-state index is -0.211. The summed E-state index contributed by atoms with van der Waals surface area (Å²) in [5, 5.41) is 13.3. The Hall–Kier alpha value is -2.10. The smallest absolute Gasteiger partial charge is 0.262 e. The first-order valence-electron chi connectivity index (χ1n) is 5.72. The van der Waals surface area contributed by atoms with Crippen molar-refractivity contribution in [3.05, 3.63) is 40.6 Å². The molecule has 2 N–H and O–H groups in total. The number of hydrogen-bond acceptors (Lipinski definition) is 4. The Morgan fingerprint density at radius 2 is 2.47 bits per heavy atom. The molecule has 1 amide bonds. The van der Waals surface area contributed by atoms with Crippen molar-refractivity contribution in [3.8, 4) is 11.8 Å². The van der Waals surface area contributed by atoms with Gasteiger partial charge in [0.1, 0.15) is 11.5 Å². The summed E-state index contributed by atoms with van der Waals surface area (Å²) >= 11 is 1.34. The molecule has 2 aromatic rings. The van der Waals surface area contributed by atoms with E-state index >= 15 is 0 Å². The fraction of sp³-hybridized carbons (Fsp3) is 0.231. The van der Waals surface area contributed by atoms with Crippen LogP contribution in [-0.4, -0.2) is 33.7 Å². The predicted molar refractivity (Wildman–Crippen MR) is 72.8 cm³/mol. The van der Waals surface area contributed by atoms with Crippen molar-refractivity contribution in [1.29, 1.82) is 0 Å². The highest BCUT2D eigenvalue weighted by atomic mass is 32.1. The van der Waals surface area contributed by atoms with Gasteiger partial charge < -0.3 is 15.0 Å². The lowest BCUT2D eigenvalue weighted by Crippen LogP contribution is -2.26. The van der Waals surface area contributed by atoms with Crippen LogP contribution >= 0.6 is 11.3 Å². The highest BCUT2D eigenvalue weighted by Gasteiger charge is 2.11. The van der Waals surface area contributed by atoms with Crippen LogP contribution in [0.3, 0.4) is 0 Å². The number of carbonyl (C=O) groups is 1. The standard InChI is InChI=1S/C13H13N3O2S/c17-8-1-2-11-3-9-19-12(11)13(18)15-5-7-16-6-4-14-10-16/h3-4,6,9-10,17H,5,7-8H2,(H,15,18). The average molecular weight is 275 g/mol. The molecule has 0 saturated heterocycles. The van der Waals surface area contributed by atoms with E-state index in [2.05, 4.69) is 22.1 Å². The zero-order valence-corrected chi connectivity index (χ0v) is 11.0. The van der Waals surface area contributed by atoms with Gasteiger partial charge in [0.2, 0.25) is 0 Å². The van der Waals surface area contributed by atoms with Gasteiger partial charge in [0, 0.05) is 31.0 Å². The number of aliphatic hydroxyl groups excluding tert-OH is 1. The van der Waals surface area contributed by atoms with Crippen LogP contribution in [0.2, 0.25) is 0 Å². The van der Waals surface area contributed by atoms with Gasteiger partial charge in [-0.25, -0.2) is 4.98 Å². The number of amides is 1. The minimum Gasteiger partial charge on any atom is -0.384 e. The van der Waals surface area contributed by atoms with Crippen LogP contribution in [0.25, 0.3) is 0 Å². The molecule has 2 heterocycles. The molecule has 6 heteroatoms. The summed E-state index contributed by atoms with van der Waals surface area (Å²) in [7, 11) is 0. The van der Waals surface area contributed by atoms with Gasteiger partial charge in [-0.3, -0.25) is 4.79 Å². The van der Waals surface area contributed by atoms with Crippen molar-refractivity contribution in [2.75, 3.05) is 13.2 Å². The number of rotatable bonds is 4. The Kier molecular flexibility index (Phi) is 4.72. The third-order valence-corrected chi connectivity index (χ3v) is 3.30. The summed E-state index contributed by atoms with van der Waals surface area (Å²) in [5.74, 6) is 5.17. The second kappa shape index (κ2) is 6.73. The molecule has 0 aliphatic rings. The molecule has 0 aliphatic carbocycles. The maximum atomic E-state index is 12.0. The number of aromatic nitrogens is 2. The van der Waals surface area contributed by atoms with Gasteiger partial charge in [-0.2, -0.15) is 0 Å². The Labute approximate surface area is 114 Å². The van der Waals surface area contributed by atoms with E-state index in [0.717, 1.165) is 0 Å². The van der Waals surface area contributed by atoms with E-state index < -0.39 is 0 Å². The number of thiophene rings is 1. The highest BCUT2D eigenvalue weighted by Crippen LogP contribution is 2.15. The number of nitrogens with one attached hydrogen (secondary N) is 1. The number of imidazole rings is 1. The molecule has 0 spiro atoms. The van der Waals surface area contributed by atoms with E-state index in [4.69, 9.17) is 5.11 Å². The van der Waals surface area contributed by atoms with E-state index in [1.165, 1.54) is 11.3 Å². The Balaban J connectivity index is 1.91. The van der Waals surface area contributed by atoms with Crippen LogP contribution < -0.4 is 5.32 Å². The van der Waals surface area contributed by atoms with E-state index in [1.807, 2.05) is 16.1 Å². The summed E-state index contributed by atoms with van der Waals surface area (Å²) in [6.45, 7) is 0.992. The van der Waals surface area contributed by atoms with Gasteiger partial charge in [0.25, 0.3) is 5.91 Å². The molecule has 98 valence electrons. The first kappa shape index (κ1) is 13.3. The summed E-state index contributed by atoms with van der Waals surface area (Å²) in [6.07, 6.45) is 5.24. The van der Waals surface area contributed by atoms with Gasteiger partial charge in [-0.05, 0) is 11.4 Å². The van der Waals surface area contributed by atoms with Crippen LogP contribution in [0.1, 0.15) is 15.2 Å². The van der Waals surface area contributed by atoms with Crippen LogP contribution in [0.5, 0.6) is 0 Å². The molecular formula is C13H13N3O2S. The first-order valence-corrected chi connectivity index (χ1v) is 6.60. The lowest BCUT2D eigenvalue weighted by atomic mass is 10.2. The topological polar surface area (TPSA) is 67.2 Å². The zero-order valence-electron chi connectivity index (χ0n) is 10.2. The Morgan fingerprint density at radius 1 is 1.58 bits per heavy atom. The minimum absolute atomic E-state index is 0.141. The van der Waals surface area contributed by atoms with Crippen molar-refractivity contribution >= 4 is 17.2 Å². The maximum absolute atomic E-state index is 12.0. The number of carbonyl (C=O) groups excluding carboxylic acids is 1. The fourth-order valence-corrected chi connectivity index (χ4v) is 2.28. The lowest BCUT2D eigenvalue weighted by Gasteiger charge is -2.04. The lowest BCUT2D eigenvalue weighted by molar-refractivity contribution is 0.0956. The van der Waals surface area contributed by atoms with Gasteiger partial charge in [-0.15, -0.1) is 11.3 Å². The average Bonchev–Trinajstić information content (AvgIpc) is 3.07. The quantitative estimate of drug-likeness (QED) is 0.808. The molecule has 0 fully saturated rings. The summed E-state index contributed by atoms with van der Waals surface area (Å²) in [4.78, 5) is 16.5. The molecule has 0 atom stereocenters.